The van der Waals surface area contributed by atoms with Crippen LogP contribution in [0.3, 0.4) is 0 Å². The van der Waals surface area contributed by atoms with Gasteiger partial charge in [0.05, 0.1) is 11.3 Å². The smallest absolute Gasteiger partial charge is 0.233 e. The van der Waals surface area contributed by atoms with Gasteiger partial charge in [-0.2, -0.15) is 5.10 Å². The van der Waals surface area contributed by atoms with Gasteiger partial charge in [-0.3, -0.25) is 9.89 Å². The molecule has 0 bridgehead atoms. The lowest BCUT2D eigenvalue weighted by molar-refractivity contribution is -0.120. The van der Waals surface area contributed by atoms with E-state index in [-0.39, 0.29) is 23.0 Å². The molecule has 0 fully saturated rings. The molecule has 106 valence electrons. The highest BCUT2D eigenvalue weighted by Crippen LogP contribution is 2.20. The Morgan fingerprint density at radius 2 is 2.05 bits per heavy atom. The molecule has 0 aliphatic carbocycles. The molecule has 1 aromatic carbocycles. The molecule has 0 saturated heterocycles. The minimum absolute atomic E-state index is 0.108. The highest BCUT2D eigenvalue weighted by atomic mass is 32.2. The summed E-state index contributed by atoms with van der Waals surface area (Å²) in [6.45, 7) is 3.65. The molecular formula is C13H15FN4OS. The maximum atomic E-state index is 12.8. The molecule has 0 unspecified atom stereocenters. The zero-order chi connectivity index (χ0) is 14.5. The third kappa shape index (κ3) is 3.80. The van der Waals surface area contributed by atoms with Crippen LogP contribution in [0.25, 0.3) is 0 Å². The van der Waals surface area contributed by atoms with E-state index in [4.69, 9.17) is 0 Å². The summed E-state index contributed by atoms with van der Waals surface area (Å²) in [5.74, 6) is -0.398. The van der Waals surface area contributed by atoms with Gasteiger partial charge in [0, 0.05) is 0 Å². The topological polar surface area (TPSA) is 70.7 Å². The largest absolute Gasteiger partial charge is 0.349 e. The van der Waals surface area contributed by atoms with Crippen LogP contribution in [-0.2, 0) is 4.79 Å². The van der Waals surface area contributed by atoms with E-state index in [0.717, 1.165) is 5.56 Å². The van der Waals surface area contributed by atoms with Crippen LogP contribution in [0.5, 0.6) is 0 Å². The van der Waals surface area contributed by atoms with Crippen molar-refractivity contribution >= 4 is 17.7 Å². The summed E-state index contributed by atoms with van der Waals surface area (Å²) in [6, 6.07) is 5.90. The maximum Gasteiger partial charge on any atom is 0.233 e. The van der Waals surface area contributed by atoms with Gasteiger partial charge in [-0.1, -0.05) is 23.9 Å². The number of thioether (sulfide) groups is 1. The number of carbonyl (C=O) groups excluding carboxylic acids is 1. The zero-order valence-electron chi connectivity index (χ0n) is 11.1. The van der Waals surface area contributed by atoms with Crippen molar-refractivity contribution in [2.24, 2.45) is 0 Å². The summed E-state index contributed by atoms with van der Waals surface area (Å²) in [5.41, 5.74) is 0.858. The van der Waals surface area contributed by atoms with Gasteiger partial charge in [0.15, 0.2) is 5.16 Å². The van der Waals surface area contributed by atoms with E-state index in [2.05, 4.69) is 20.5 Å². The summed E-state index contributed by atoms with van der Waals surface area (Å²) >= 11 is 1.30. The fourth-order valence-corrected chi connectivity index (χ4v) is 2.36. The molecular weight excluding hydrogens is 279 g/mol. The van der Waals surface area contributed by atoms with Crippen LogP contribution in [-0.4, -0.2) is 26.3 Å². The van der Waals surface area contributed by atoms with Gasteiger partial charge in [-0.25, -0.2) is 9.37 Å². The second-order valence-corrected chi connectivity index (χ2v) is 5.66. The monoisotopic (exact) mass is 294 g/mol. The lowest BCUT2D eigenvalue weighted by Crippen LogP contribution is -2.33. The second-order valence-electron chi connectivity index (χ2n) is 4.33. The second kappa shape index (κ2) is 6.51. The first-order valence-corrected chi connectivity index (χ1v) is 7.02. The molecule has 1 amide bonds. The Kier molecular flexibility index (Phi) is 4.73. The van der Waals surface area contributed by atoms with E-state index in [1.165, 1.54) is 30.2 Å². The fourth-order valence-electron chi connectivity index (χ4n) is 1.64. The van der Waals surface area contributed by atoms with E-state index in [1.807, 2.05) is 6.92 Å². The highest BCUT2D eigenvalue weighted by molar-refractivity contribution is 8.00. The Morgan fingerprint density at radius 3 is 2.65 bits per heavy atom. The molecule has 0 spiro atoms. The molecule has 1 aromatic heterocycles. The Morgan fingerprint density at radius 1 is 1.35 bits per heavy atom. The van der Waals surface area contributed by atoms with Crippen molar-refractivity contribution in [3.8, 4) is 0 Å². The van der Waals surface area contributed by atoms with E-state index >= 15 is 0 Å². The predicted octanol–water partition coefficient (Wildman–Crippen LogP) is 2.30. The van der Waals surface area contributed by atoms with Crippen molar-refractivity contribution in [2.45, 2.75) is 30.3 Å². The Balaban J connectivity index is 1.91. The predicted molar refractivity (Wildman–Crippen MR) is 74.7 cm³/mol. The number of halogens is 1. The first-order valence-electron chi connectivity index (χ1n) is 6.14. The number of aromatic nitrogens is 3. The normalized spacial score (nSPS) is 13.8. The number of nitrogens with zero attached hydrogens (tertiary/aromatic N) is 2. The van der Waals surface area contributed by atoms with E-state index in [0.29, 0.717) is 5.16 Å². The molecule has 1 heterocycles. The Hall–Kier alpha value is -1.89. The molecule has 0 radical (unpaired) electrons. The van der Waals surface area contributed by atoms with Crippen molar-refractivity contribution in [1.29, 1.82) is 0 Å². The SMILES string of the molecule is C[C@@H](Sc1ncn[nH]1)C(=O)N[C@H](C)c1ccc(F)cc1. The quantitative estimate of drug-likeness (QED) is 0.830. The number of aromatic amines is 1. The number of benzene rings is 1. The molecule has 7 heteroatoms. The lowest BCUT2D eigenvalue weighted by Gasteiger charge is -2.17. The van der Waals surface area contributed by atoms with Crippen LogP contribution >= 0.6 is 11.8 Å². The van der Waals surface area contributed by atoms with Crippen LogP contribution < -0.4 is 5.32 Å². The molecule has 2 N–H and O–H groups in total. The Bertz CT molecular complexity index is 558. The number of nitrogens with one attached hydrogen (secondary N) is 2. The number of hydrogen-bond donors (Lipinski definition) is 2. The van der Waals surface area contributed by atoms with Crippen molar-refractivity contribution in [3.05, 3.63) is 42.0 Å². The van der Waals surface area contributed by atoms with Crippen molar-refractivity contribution < 1.29 is 9.18 Å². The molecule has 0 aliphatic heterocycles. The molecule has 0 saturated carbocycles. The molecule has 20 heavy (non-hydrogen) atoms. The molecule has 2 atom stereocenters. The van der Waals surface area contributed by atoms with Crippen LogP contribution in [0.2, 0.25) is 0 Å². The van der Waals surface area contributed by atoms with Gasteiger partial charge in [-0.15, -0.1) is 0 Å². The minimum Gasteiger partial charge on any atom is -0.349 e. The lowest BCUT2D eigenvalue weighted by atomic mass is 10.1. The summed E-state index contributed by atoms with van der Waals surface area (Å²) in [4.78, 5) is 16.0. The zero-order valence-corrected chi connectivity index (χ0v) is 11.9. The van der Waals surface area contributed by atoms with Gasteiger partial charge in [0.1, 0.15) is 12.1 Å². The van der Waals surface area contributed by atoms with Crippen molar-refractivity contribution in [1.82, 2.24) is 20.5 Å². The van der Waals surface area contributed by atoms with E-state index in [1.54, 1.807) is 19.1 Å². The van der Waals surface area contributed by atoms with Crippen molar-refractivity contribution in [3.63, 3.8) is 0 Å². The maximum absolute atomic E-state index is 12.8. The standard InChI is InChI=1S/C13H15FN4OS/c1-8(10-3-5-11(14)6-4-10)17-12(19)9(2)20-13-15-7-16-18-13/h3-9H,1-2H3,(H,17,19)(H,15,16,18)/t8-,9-/m1/s1. The van der Waals surface area contributed by atoms with Gasteiger partial charge in [0.25, 0.3) is 0 Å². The third-order valence-electron chi connectivity index (χ3n) is 2.78. The summed E-state index contributed by atoms with van der Waals surface area (Å²) in [5, 5.41) is 9.60. The summed E-state index contributed by atoms with van der Waals surface area (Å²) in [6.07, 6.45) is 1.40. The third-order valence-corrected chi connectivity index (χ3v) is 3.77. The first-order chi connectivity index (χ1) is 9.56. The number of hydrogen-bond acceptors (Lipinski definition) is 4. The average molecular weight is 294 g/mol. The van der Waals surface area contributed by atoms with Gasteiger partial charge < -0.3 is 5.32 Å². The van der Waals surface area contributed by atoms with Crippen molar-refractivity contribution in [2.75, 3.05) is 0 Å². The number of amides is 1. The van der Waals surface area contributed by atoms with Crippen LogP contribution in [0.15, 0.2) is 35.7 Å². The first kappa shape index (κ1) is 14.5. The number of H-pyrrole nitrogens is 1. The summed E-state index contributed by atoms with van der Waals surface area (Å²) in [7, 11) is 0. The van der Waals surface area contributed by atoms with Crippen LogP contribution in [0.1, 0.15) is 25.5 Å². The van der Waals surface area contributed by atoms with Gasteiger partial charge >= 0.3 is 0 Å². The highest BCUT2D eigenvalue weighted by Gasteiger charge is 2.18. The van der Waals surface area contributed by atoms with Crippen LogP contribution in [0, 0.1) is 5.82 Å². The Labute approximate surface area is 120 Å². The fraction of sp³-hybridized carbons (Fsp3) is 0.308. The van der Waals surface area contributed by atoms with E-state index in [9.17, 15) is 9.18 Å². The molecule has 2 rings (SSSR count). The average Bonchev–Trinajstić information content (AvgIpc) is 2.92. The van der Waals surface area contributed by atoms with Crippen LogP contribution in [0.4, 0.5) is 4.39 Å². The molecule has 0 aliphatic rings. The van der Waals surface area contributed by atoms with Gasteiger partial charge in [-0.05, 0) is 31.5 Å². The number of rotatable bonds is 5. The minimum atomic E-state index is -0.300. The summed E-state index contributed by atoms with van der Waals surface area (Å²) < 4.78 is 12.8. The molecule has 2 aromatic rings. The molecule has 5 nitrogen and oxygen atoms in total. The number of carbonyl (C=O) groups is 1. The van der Waals surface area contributed by atoms with E-state index < -0.39 is 0 Å². The van der Waals surface area contributed by atoms with Gasteiger partial charge in [0.2, 0.25) is 5.91 Å².